The van der Waals surface area contributed by atoms with Gasteiger partial charge in [0.2, 0.25) is 6.29 Å². The second kappa shape index (κ2) is 8.90. The van der Waals surface area contributed by atoms with Gasteiger partial charge in [-0.2, -0.15) is 4.89 Å². The Bertz CT molecular complexity index is 388. The highest BCUT2D eigenvalue weighted by molar-refractivity contribution is 5.48. The molecule has 1 aromatic rings. The van der Waals surface area contributed by atoms with Crippen molar-refractivity contribution in [2.75, 3.05) is 0 Å². The Hall–Kier alpha value is -1.16. The fraction of sp³-hybridized carbons (Fsp3) is 0.529. The Labute approximate surface area is 121 Å². The number of unbranched alkanes of at least 4 members (excludes halogenated alkanes) is 4. The monoisotopic (exact) mass is 276 g/mol. The Morgan fingerprint density at radius 1 is 1.00 bits per heavy atom. The molecule has 1 aromatic carbocycles. The lowest BCUT2D eigenvalue weighted by molar-refractivity contribution is -0.289. The SMILES string of the molecule is CCCCCCCC1OOC(/C=C/c2ccccc2)O1. The normalized spacial score (nSPS) is 22.6. The fourth-order valence-electron chi connectivity index (χ4n) is 2.17. The van der Waals surface area contributed by atoms with Gasteiger partial charge in [0.05, 0.1) is 0 Å². The summed E-state index contributed by atoms with van der Waals surface area (Å²) in [5.41, 5.74) is 1.13. The van der Waals surface area contributed by atoms with Crippen molar-refractivity contribution in [3.63, 3.8) is 0 Å². The first-order valence-electron chi connectivity index (χ1n) is 7.59. The molecule has 3 nitrogen and oxygen atoms in total. The van der Waals surface area contributed by atoms with Crippen molar-refractivity contribution in [2.45, 2.75) is 58.0 Å². The Kier molecular flexibility index (Phi) is 6.78. The van der Waals surface area contributed by atoms with Gasteiger partial charge in [0.25, 0.3) is 0 Å². The lowest BCUT2D eigenvalue weighted by Gasteiger charge is -2.05. The Morgan fingerprint density at radius 2 is 1.80 bits per heavy atom. The van der Waals surface area contributed by atoms with Crippen LogP contribution in [0.15, 0.2) is 36.4 Å². The molecule has 0 spiro atoms. The molecule has 1 aliphatic heterocycles. The second-order valence-electron chi connectivity index (χ2n) is 5.10. The molecule has 1 heterocycles. The lowest BCUT2D eigenvalue weighted by atomic mass is 10.1. The highest BCUT2D eigenvalue weighted by Gasteiger charge is 2.25. The van der Waals surface area contributed by atoms with Crippen LogP contribution in [0, 0.1) is 0 Å². The van der Waals surface area contributed by atoms with E-state index in [4.69, 9.17) is 14.5 Å². The maximum absolute atomic E-state index is 5.66. The molecule has 0 radical (unpaired) electrons. The molecule has 3 heteroatoms. The van der Waals surface area contributed by atoms with Crippen LogP contribution >= 0.6 is 0 Å². The minimum atomic E-state index is -0.393. The average molecular weight is 276 g/mol. The molecule has 0 aliphatic carbocycles. The van der Waals surface area contributed by atoms with E-state index >= 15 is 0 Å². The second-order valence-corrected chi connectivity index (χ2v) is 5.10. The lowest BCUT2D eigenvalue weighted by Crippen LogP contribution is -2.09. The van der Waals surface area contributed by atoms with E-state index in [-0.39, 0.29) is 6.29 Å². The van der Waals surface area contributed by atoms with E-state index in [1.54, 1.807) is 0 Å². The summed E-state index contributed by atoms with van der Waals surface area (Å²) in [7, 11) is 0. The third-order valence-electron chi connectivity index (χ3n) is 3.33. The highest BCUT2D eigenvalue weighted by atomic mass is 17.3. The average Bonchev–Trinajstić information content (AvgIpc) is 2.94. The zero-order valence-corrected chi connectivity index (χ0v) is 12.2. The predicted octanol–water partition coefficient (Wildman–Crippen LogP) is 4.69. The minimum absolute atomic E-state index is 0.220. The summed E-state index contributed by atoms with van der Waals surface area (Å²) in [6.07, 6.45) is 10.4. The first kappa shape index (κ1) is 15.2. The van der Waals surface area contributed by atoms with Crippen LogP contribution < -0.4 is 0 Å². The molecule has 0 aromatic heterocycles. The van der Waals surface area contributed by atoms with Gasteiger partial charge in [0.15, 0.2) is 6.29 Å². The molecule has 2 unspecified atom stereocenters. The zero-order chi connectivity index (χ0) is 14.0. The topological polar surface area (TPSA) is 27.7 Å². The predicted molar refractivity (Wildman–Crippen MR) is 79.7 cm³/mol. The maximum atomic E-state index is 5.66. The molecule has 0 saturated carbocycles. The number of rotatable bonds is 8. The molecule has 0 bridgehead atoms. The van der Waals surface area contributed by atoms with Gasteiger partial charge in [0, 0.05) is 6.42 Å². The van der Waals surface area contributed by atoms with Gasteiger partial charge in [-0.15, -0.1) is 0 Å². The van der Waals surface area contributed by atoms with Gasteiger partial charge >= 0.3 is 0 Å². The van der Waals surface area contributed by atoms with Crippen molar-refractivity contribution in [2.24, 2.45) is 0 Å². The van der Waals surface area contributed by atoms with Crippen LogP contribution in [0.4, 0.5) is 0 Å². The van der Waals surface area contributed by atoms with E-state index in [0.717, 1.165) is 18.4 Å². The van der Waals surface area contributed by atoms with E-state index in [1.165, 1.54) is 25.7 Å². The Balaban J connectivity index is 1.64. The van der Waals surface area contributed by atoms with E-state index in [1.807, 2.05) is 42.5 Å². The summed E-state index contributed by atoms with van der Waals surface area (Å²) >= 11 is 0. The van der Waals surface area contributed by atoms with E-state index in [0.29, 0.717) is 0 Å². The van der Waals surface area contributed by atoms with E-state index < -0.39 is 6.29 Å². The van der Waals surface area contributed by atoms with Crippen molar-refractivity contribution >= 4 is 6.08 Å². The molecule has 2 atom stereocenters. The van der Waals surface area contributed by atoms with Crippen molar-refractivity contribution in [3.05, 3.63) is 42.0 Å². The number of ether oxygens (including phenoxy) is 1. The number of hydrogen-bond acceptors (Lipinski definition) is 3. The van der Waals surface area contributed by atoms with Gasteiger partial charge in [-0.25, -0.2) is 4.89 Å². The highest BCUT2D eigenvalue weighted by Crippen LogP contribution is 2.20. The summed E-state index contributed by atoms with van der Waals surface area (Å²) in [6.45, 7) is 2.22. The first-order chi connectivity index (χ1) is 9.88. The molecule has 110 valence electrons. The Morgan fingerprint density at radius 3 is 2.60 bits per heavy atom. The van der Waals surface area contributed by atoms with Crippen LogP contribution in [0.1, 0.15) is 51.0 Å². The summed E-state index contributed by atoms with van der Waals surface area (Å²) in [5, 5.41) is 0. The van der Waals surface area contributed by atoms with Crippen molar-refractivity contribution in [3.8, 4) is 0 Å². The quantitative estimate of drug-likeness (QED) is 0.509. The van der Waals surface area contributed by atoms with Gasteiger partial charge < -0.3 is 4.74 Å². The zero-order valence-electron chi connectivity index (χ0n) is 12.2. The largest absolute Gasteiger partial charge is 0.314 e. The number of benzene rings is 1. The van der Waals surface area contributed by atoms with Crippen LogP contribution in [0.25, 0.3) is 6.08 Å². The third-order valence-corrected chi connectivity index (χ3v) is 3.33. The van der Waals surface area contributed by atoms with Gasteiger partial charge in [-0.3, -0.25) is 0 Å². The van der Waals surface area contributed by atoms with Crippen LogP contribution in [-0.2, 0) is 14.5 Å². The standard InChI is InChI=1S/C17H24O3/c1-2-3-4-5-9-12-16-18-17(20-19-16)14-13-15-10-7-6-8-11-15/h6-8,10-11,13-14,16-17H,2-5,9,12H2,1H3/b14-13+. The smallest absolute Gasteiger partial charge is 0.213 e. The van der Waals surface area contributed by atoms with E-state index in [9.17, 15) is 0 Å². The third kappa shape index (κ3) is 5.45. The van der Waals surface area contributed by atoms with Gasteiger partial charge in [-0.1, -0.05) is 69.0 Å². The maximum Gasteiger partial charge on any atom is 0.213 e. The molecule has 1 aliphatic rings. The van der Waals surface area contributed by atoms with Gasteiger partial charge in [0.1, 0.15) is 0 Å². The van der Waals surface area contributed by atoms with E-state index in [2.05, 4.69) is 6.92 Å². The van der Waals surface area contributed by atoms with Crippen molar-refractivity contribution in [1.82, 2.24) is 0 Å². The summed E-state index contributed by atoms with van der Waals surface area (Å²) in [5.74, 6) is 0. The molecule has 1 fully saturated rings. The molecule has 0 N–H and O–H groups in total. The fourth-order valence-corrected chi connectivity index (χ4v) is 2.17. The van der Waals surface area contributed by atoms with Crippen LogP contribution in [0.3, 0.4) is 0 Å². The van der Waals surface area contributed by atoms with Crippen molar-refractivity contribution in [1.29, 1.82) is 0 Å². The van der Waals surface area contributed by atoms with Gasteiger partial charge in [-0.05, 0) is 18.1 Å². The molecular weight excluding hydrogens is 252 g/mol. The van der Waals surface area contributed by atoms with Crippen LogP contribution in [-0.4, -0.2) is 12.6 Å². The summed E-state index contributed by atoms with van der Waals surface area (Å²) < 4.78 is 5.66. The summed E-state index contributed by atoms with van der Waals surface area (Å²) in [6, 6.07) is 10.1. The molecule has 20 heavy (non-hydrogen) atoms. The number of hydrogen-bond donors (Lipinski definition) is 0. The molecule has 2 rings (SSSR count). The molecule has 0 amide bonds. The minimum Gasteiger partial charge on any atom is -0.314 e. The summed E-state index contributed by atoms with van der Waals surface area (Å²) in [4.78, 5) is 10.3. The first-order valence-corrected chi connectivity index (χ1v) is 7.59. The molecular formula is C17H24O3. The van der Waals surface area contributed by atoms with Crippen LogP contribution in [0.2, 0.25) is 0 Å². The molecule has 1 saturated heterocycles. The van der Waals surface area contributed by atoms with Crippen molar-refractivity contribution < 1.29 is 14.5 Å². The van der Waals surface area contributed by atoms with Crippen LogP contribution in [0.5, 0.6) is 0 Å².